The lowest BCUT2D eigenvalue weighted by Crippen LogP contribution is -2.15. The highest BCUT2D eigenvalue weighted by atomic mass is 79.9. The summed E-state index contributed by atoms with van der Waals surface area (Å²) in [7, 11) is 0. The molecule has 0 aliphatic heterocycles. The number of aromatic nitrogens is 1. The van der Waals surface area contributed by atoms with Gasteiger partial charge in [0.2, 0.25) is 0 Å². The molecule has 1 fully saturated rings. The Bertz CT molecular complexity index is 614. The Balaban J connectivity index is 1.54. The Hall–Kier alpha value is -1.10. The third-order valence-electron chi connectivity index (χ3n) is 3.33. The zero-order chi connectivity index (χ0) is 14.7. The monoisotopic (exact) mass is 366 g/mol. The summed E-state index contributed by atoms with van der Waals surface area (Å²) in [5.74, 6) is 0.765. The molecule has 0 saturated heterocycles. The van der Waals surface area contributed by atoms with E-state index in [1.807, 2.05) is 30.5 Å². The minimum absolute atomic E-state index is 0.441. The van der Waals surface area contributed by atoms with Gasteiger partial charge < -0.3 is 10.1 Å². The van der Waals surface area contributed by atoms with E-state index in [1.165, 1.54) is 18.4 Å². The maximum absolute atomic E-state index is 5.90. The molecule has 1 heterocycles. The van der Waals surface area contributed by atoms with Gasteiger partial charge in [-0.05, 0) is 58.6 Å². The first-order valence-corrected chi connectivity index (χ1v) is 8.13. The van der Waals surface area contributed by atoms with Gasteiger partial charge in [-0.3, -0.25) is 4.98 Å². The van der Waals surface area contributed by atoms with Crippen LogP contribution in [0.2, 0.25) is 5.02 Å². The van der Waals surface area contributed by atoms with Gasteiger partial charge in [-0.15, -0.1) is 0 Å². The van der Waals surface area contributed by atoms with Gasteiger partial charge in [0.05, 0.1) is 10.2 Å². The fourth-order valence-corrected chi connectivity index (χ4v) is 2.74. The summed E-state index contributed by atoms with van der Waals surface area (Å²) in [4.78, 5) is 4.43. The zero-order valence-electron chi connectivity index (χ0n) is 11.5. The molecule has 0 radical (unpaired) electrons. The van der Waals surface area contributed by atoms with Crippen molar-refractivity contribution in [1.82, 2.24) is 10.3 Å². The number of benzene rings is 1. The highest BCUT2D eigenvalue weighted by molar-refractivity contribution is 9.10. The van der Waals surface area contributed by atoms with E-state index in [0.29, 0.717) is 11.6 Å². The molecule has 1 aromatic heterocycles. The molecule has 2 aromatic rings. The largest absolute Gasteiger partial charge is 0.486 e. The molecule has 0 atom stereocenters. The molecule has 0 spiro atoms. The molecule has 5 heteroatoms. The molecular formula is C16H16BrClN2O. The van der Waals surface area contributed by atoms with Crippen molar-refractivity contribution in [1.29, 1.82) is 0 Å². The summed E-state index contributed by atoms with van der Waals surface area (Å²) in [6, 6.07) is 10.3. The van der Waals surface area contributed by atoms with Crippen LogP contribution in [0.1, 0.15) is 24.1 Å². The summed E-state index contributed by atoms with van der Waals surface area (Å²) >= 11 is 9.34. The van der Waals surface area contributed by atoms with E-state index < -0.39 is 0 Å². The van der Waals surface area contributed by atoms with Gasteiger partial charge in [-0.25, -0.2) is 0 Å². The van der Waals surface area contributed by atoms with Crippen LogP contribution in [0.25, 0.3) is 0 Å². The van der Waals surface area contributed by atoms with Gasteiger partial charge in [0.25, 0.3) is 0 Å². The van der Waals surface area contributed by atoms with Crippen molar-refractivity contribution in [2.75, 3.05) is 0 Å². The quantitative estimate of drug-likeness (QED) is 0.825. The first-order valence-electron chi connectivity index (χ1n) is 6.96. The average molecular weight is 368 g/mol. The second kappa shape index (κ2) is 6.77. The van der Waals surface area contributed by atoms with Crippen molar-refractivity contribution < 1.29 is 4.74 Å². The van der Waals surface area contributed by atoms with E-state index in [1.54, 1.807) is 0 Å². The maximum Gasteiger partial charge on any atom is 0.134 e. The van der Waals surface area contributed by atoms with Crippen molar-refractivity contribution >= 4 is 27.5 Å². The Morgan fingerprint density at radius 3 is 2.81 bits per heavy atom. The van der Waals surface area contributed by atoms with Crippen LogP contribution in [-0.2, 0) is 13.2 Å². The number of nitrogens with zero attached hydrogens (tertiary/aromatic N) is 1. The number of nitrogens with one attached hydrogen (secondary N) is 1. The number of hydrogen-bond donors (Lipinski definition) is 1. The fraction of sp³-hybridized carbons (Fsp3) is 0.312. The van der Waals surface area contributed by atoms with E-state index in [9.17, 15) is 0 Å². The smallest absolute Gasteiger partial charge is 0.134 e. The van der Waals surface area contributed by atoms with Crippen LogP contribution < -0.4 is 10.1 Å². The van der Waals surface area contributed by atoms with Crippen molar-refractivity contribution in [3.63, 3.8) is 0 Å². The van der Waals surface area contributed by atoms with Crippen LogP contribution in [-0.4, -0.2) is 11.0 Å². The summed E-state index contributed by atoms with van der Waals surface area (Å²) in [6.07, 6.45) is 4.51. The molecule has 3 nitrogen and oxygen atoms in total. The number of pyridine rings is 1. The molecule has 0 amide bonds. The van der Waals surface area contributed by atoms with Crippen molar-refractivity contribution in [3.05, 3.63) is 57.3 Å². The first kappa shape index (κ1) is 14.8. The van der Waals surface area contributed by atoms with Gasteiger partial charge in [0.1, 0.15) is 12.4 Å². The number of hydrogen-bond acceptors (Lipinski definition) is 3. The molecule has 1 aliphatic carbocycles. The number of rotatable bonds is 6. The highest BCUT2D eigenvalue weighted by Gasteiger charge is 2.19. The predicted octanol–water partition coefficient (Wildman–Crippen LogP) is 4.33. The first-order chi connectivity index (χ1) is 10.2. The van der Waals surface area contributed by atoms with Crippen LogP contribution in [0.15, 0.2) is 41.0 Å². The lowest BCUT2D eigenvalue weighted by Gasteiger charge is -2.09. The summed E-state index contributed by atoms with van der Waals surface area (Å²) < 4.78 is 6.59. The van der Waals surface area contributed by atoms with Crippen LogP contribution in [0, 0.1) is 0 Å². The second-order valence-corrected chi connectivity index (χ2v) is 6.47. The molecule has 21 heavy (non-hydrogen) atoms. The Morgan fingerprint density at radius 2 is 2.14 bits per heavy atom. The van der Waals surface area contributed by atoms with Crippen molar-refractivity contribution in [3.8, 4) is 5.75 Å². The topological polar surface area (TPSA) is 34.1 Å². The lowest BCUT2D eigenvalue weighted by molar-refractivity contribution is 0.299. The normalized spacial score (nSPS) is 14.2. The van der Waals surface area contributed by atoms with Crippen LogP contribution in [0.4, 0.5) is 0 Å². The highest BCUT2D eigenvalue weighted by Crippen LogP contribution is 2.28. The van der Waals surface area contributed by atoms with Crippen molar-refractivity contribution in [2.45, 2.75) is 32.0 Å². The Labute approximate surface area is 137 Å². The summed E-state index contributed by atoms with van der Waals surface area (Å²) in [5, 5.41) is 4.15. The van der Waals surface area contributed by atoms with E-state index >= 15 is 0 Å². The predicted molar refractivity (Wildman–Crippen MR) is 87.6 cm³/mol. The van der Waals surface area contributed by atoms with Gasteiger partial charge in [-0.2, -0.15) is 0 Å². The molecule has 1 aromatic carbocycles. The fourth-order valence-electron chi connectivity index (χ4n) is 1.94. The molecule has 1 saturated carbocycles. The third-order valence-corrected chi connectivity index (χ3v) is 4.18. The minimum Gasteiger partial charge on any atom is -0.486 e. The average Bonchev–Trinajstić information content (AvgIpc) is 3.30. The molecule has 0 bridgehead atoms. The standard InChI is InChI=1S/C16H16BrClN2O/c17-15-7-12(18)2-6-16(15)21-10-14-3-1-11(9-20-14)8-19-13-4-5-13/h1-3,6-7,9,13,19H,4-5,8,10H2. The molecule has 0 unspecified atom stereocenters. The van der Waals surface area contributed by atoms with Crippen LogP contribution in [0.3, 0.4) is 0 Å². The molecule has 3 rings (SSSR count). The van der Waals surface area contributed by atoms with E-state index in [-0.39, 0.29) is 0 Å². The van der Waals surface area contributed by atoms with Gasteiger partial charge >= 0.3 is 0 Å². The van der Waals surface area contributed by atoms with Gasteiger partial charge in [-0.1, -0.05) is 17.7 Å². The Kier molecular flexibility index (Phi) is 4.78. The number of halogens is 2. The lowest BCUT2D eigenvalue weighted by atomic mass is 10.2. The van der Waals surface area contributed by atoms with Gasteiger partial charge in [0.15, 0.2) is 0 Å². The molecule has 1 aliphatic rings. The van der Waals surface area contributed by atoms with E-state index in [0.717, 1.165) is 28.5 Å². The van der Waals surface area contributed by atoms with Gasteiger partial charge in [0, 0.05) is 23.8 Å². The second-order valence-electron chi connectivity index (χ2n) is 5.18. The summed E-state index contributed by atoms with van der Waals surface area (Å²) in [5.41, 5.74) is 2.12. The number of ether oxygens (including phenoxy) is 1. The van der Waals surface area contributed by atoms with E-state index in [2.05, 4.69) is 32.3 Å². The SMILES string of the molecule is Clc1ccc(OCc2ccc(CNC3CC3)cn2)c(Br)c1. The maximum atomic E-state index is 5.90. The zero-order valence-corrected chi connectivity index (χ0v) is 13.8. The molecular weight excluding hydrogens is 352 g/mol. The third kappa shape index (κ3) is 4.43. The molecule has 1 N–H and O–H groups in total. The van der Waals surface area contributed by atoms with Crippen molar-refractivity contribution in [2.24, 2.45) is 0 Å². The van der Waals surface area contributed by atoms with Crippen LogP contribution in [0.5, 0.6) is 5.75 Å². The minimum atomic E-state index is 0.441. The van der Waals surface area contributed by atoms with E-state index in [4.69, 9.17) is 16.3 Å². The Morgan fingerprint density at radius 1 is 1.29 bits per heavy atom. The molecule has 110 valence electrons. The summed E-state index contributed by atoms with van der Waals surface area (Å²) in [6.45, 7) is 1.33. The van der Waals surface area contributed by atoms with Crippen LogP contribution >= 0.6 is 27.5 Å².